The number of carboxylic acid groups (broad SMARTS) is 1. The zero-order chi connectivity index (χ0) is 91.5. The number of furan rings is 2. The van der Waals surface area contributed by atoms with Crippen molar-refractivity contribution in [2.75, 3.05) is 87.6 Å². The number of methoxy groups -OCH3 is 3. The number of carbonyl (C=O) groups excluding carboxylic acids is 5. The predicted molar refractivity (Wildman–Crippen MR) is 470 cm³/mol. The van der Waals surface area contributed by atoms with Crippen LogP contribution in [0.2, 0.25) is 0 Å². The number of carbonyl (C=O) groups is 6. The lowest BCUT2D eigenvalue weighted by molar-refractivity contribution is -0.178. The summed E-state index contributed by atoms with van der Waals surface area (Å²) in [6, 6.07) is 19.1. The Morgan fingerprint density at radius 2 is 0.806 bits per heavy atom. The van der Waals surface area contributed by atoms with E-state index in [0.29, 0.717) is 83.3 Å². The normalized spacial score (nSPS) is 25.4. The summed E-state index contributed by atoms with van der Waals surface area (Å²) in [5, 5.41) is 86.6. The van der Waals surface area contributed by atoms with Gasteiger partial charge in [-0.2, -0.15) is 0 Å². The highest BCUT2D eigenvalue weighted by Gasteiger charge is 2.63. The van der Waals surface area contributed by atoms with Crippen LogP contribution >= 0.6 is 0 Å². The molecule has 0 bridgehead atoms. The van der Waals surface area contributed by atoms with Gasteiger partial charge in [0, 0.05) is 28.9 Å². The molecule has 3 spiro atoms. The topological polar surface area (TPSA) is 449 Å². The third-order valence-electron chi connectivity index (χ3n) is 27.3. The van der Waals surface area contributed by atoms with Crippen molar-refractivity contribution in [3.05, 3.63) is 154 Å². The van der Waals surface area contributed by atoms with E-state index in [1.807, 2.05) is 54.6 Å². The lowest BCUT2D eigenvalue weighted by Crippen LogP contribution is -2.50. The molecule has 3 aliphatic carbocycles. The molecule has 33 heteroatoms. The molecule has 710 valence electrons. The first-order valence-electron chi connectivity index (χ1n) is 44.6. The van der Waals surface area contributed by atoms with Gasteiger partial charge in [0.05, 0.1) is 111 Å². The summed E-state index contributed by atoms with van der Waals surface area (Å²) in [7, 11) is 4.63. The molecule has 0 unspecified atom stereocenters. The monoisotopic (exact) mass is 1810 g/mol. The van der Waals surface area contributed by atoms with Gasteiger partial charge in [-0.1, -0.05) is 7.43 Å². The van der Waals surface area contributed by atoms with Crippen LogP contribution in [0.25, 0.3) is 0 Å². The molecule has 0 radical (unpaired) electrons. The fourth-order valence-corrected chi connectivity index (χ4v) is 21.2. The van der Waals surface area contributed by atoms with Crippen molar-refractivity contribution >= 4 is 35.6 Å². The number of rotatable bonds is 31. The van der Waals surface area contributed by atoms with Gasteiger partial charge in [-0.15, -0.1) is 0 Å². The van der Waals surface area contributed by atoms with Crippen LogP contribution in [-0.4, -0.2) is 247 Å². The van der Waals surface area contributed by atoms with Crippen LogP contribution in [0.15, 0.2) is 118 Å². The van der Waals surface area contributed by atoms with Crippen molar-refractivity contribution in [2.24, 2.45) is 5.73 Å². The number of fused-ring (bicyclic) bond motifs is 9. The van der Waals surface area contributed by atoms with Crippen LogP contribution in [0.1, 0.15) is 230 Å². The zero-order valence-corrected chi connectivity index (χ0v) is 74.6. The molecule has 5 aromatic rings. The lowest BCUT2D eigenvalue weighted by atomic mass is 9.77. The second-order valence-corrected chi connectivity index (χ2v) is 37.7. The Labute approximate surface area is 755 Å². The van der Waals surface area contributed by atoms with Crippen LogP contribution < -0.4 is 39.5 Å². The number of ether oxygens (including phenoxy) is 12. The molecule has 33 nitrogen and oxygen atoms in total. The SMILES string of the molecule is C.COC1=C[C@]23CCCN2CCc2cc4c(cc2[C@@H]3[C@@H]1OC(=O)[C@@](O)(CCCC(C)(C)O)CC(=O)CO)OCO4.COC1=C[C@]23CCCN2CCc2cc4c(cc2[C@@H]3[C@@H]1OC(=O)[C@@](O)(CCCC(C)(C)O)CC(=O)NCc1ccco1)OCO4.COC1=C[C@]23CCCN2CCc2cc4c(cc2[C@@H]3[C@@H]1OC(=O)[C@@](O)(CCCC(C)(C)O)CC(=O)O)OCO4.NCc1ccco1.[3HH].[HH]. The van der Waals surface area contributed by atoms with E-state index in [1.54, 1.807) is 74.2 Å². The molecule has 12 atom stereocenters. The Morgan fingerprint density at radius 3 is 1.10 bits per heavy atom. The van der Waals surface area contributed by atoms with Crippen molar-refractivity contribution in [3.63, 3.8) is 0 Å². The number of aliphatic hydroxyl groups is 7. The molecule has 129 heavy (non-hydrogen) atoms. The van der Waals surface area contributed by atoms with Gasteiger partial charge in [0.15, 0.2) is 75.4 Å². The van der Waals surface area contributed by atoms with E-state index in [2.05, 4.69) is 32.2 Å². The van der Waals surface area contributed by atoms with Gasteiger partial charge >= 0.3 is 23.9 Å². The summed E-state index contributed by atoms with van der Waals surface area (Å²) in [5.41, 5.74) is 0.550. The second-order valence-electron chi connectivity index (χ2n) is 37.7. The quantitative estimate of drug-likeness (QED) is 0.0146. The van der Waals surface area contributed by atoms with Gasteiger partial charge in [0.1, 0.15) is 35.4 Å². The van der Waals surface area contributed by atoms with Crippen molar-refractivity contribution in [2.45, 2.75) is 283 Å². The van der Waals surface area contributed by atoms with E-state index in [0.717, 1.165) is 136 Å². The summed E-state index contributed by atoms with van der Waals surface area (Å²) in [6.45, 7) is 15.3. The molecule has 12 aliphatic rings. The third-order valence-corrected chi connectivity index (χ3v) is 27.3. The highest BCUT2D eigenvalue weighted by atomic mass is 16.7. The smallest absolute Gasteiger partial charge is 0.339 e. The molecule has 9 aliphatic heterocycles. The van der Waals surface area contributed by atoms with Crippen molar-refractivity contribution in [3.8, 4) is 34.5 Å². The van der Waals surface area contributed by atoms with Crippen LogP contribution in [0.4, 0.5) is 0 Å². The molecular weight excluding hydrogens is 1670 g/mol. The molecule has 3 saturated heterocycles. The number of nitrogens with one attached hydrogen (secondary N) is 1. The first kappa shape index (κ1) is 96.8. The molecule has 3 aromatic carbocycles. The summed E-state index contributed by atoms with van der Waals surface area (Å²) in [4.78, 5) is 85.5. The van der Waals surface area contributed by atoms with Crippen molar-refractivity contribution in [1.82, 2.24) is 20.0 Å². The maximum absolute atomic E-state index is 14.1. The summed E-state index contributed by atoms with van der Waals surface area (Å²) < 4.78 is 80.1. The maximum atomic E-state index is 14.1. The number of aliphatic carboxylic acids is 1. The van der Waals surface area contributed by atoms with E-state index < -0.39 is 130 Å². The van der Waals surface area contributed by atoms with Gasteiger partial charge in [0.25, 0.3) is 0 Å². The minimum atomic E-state index is -2.25. The molecule has 1 amide bonds. The van der Waals surface area contributed by atoms with E-state index in [9.17, 15) is 69.6 Å². The van der Waals surface area contributed by atoms with Crippen molar-refractivity contribution < 1.29 is 138 Å². The second kappa shape index (κ2) is 39.3. The Hall–Kier alpha value is -9.78. The van der Waals surface area contributed by atoms with E-state index in [1.165, 1.54) is 13.4 Å². The Morgan fingerprint density at radius 1 is 0.481 bits per heavy atom. The predicted octanol–water partition coefficient (Wildman–Crippen LogP) is 9.64. The van der Waals surface area contributed by atoms with Crippen LogP contribution in [0.5, 0.6) is 34.5 Å². The van der Waals surface area contributed by atoms with Crippen molar-refractivity contribution in [1.29, 1.82) is 0 Å². The average Bonchev–Trinajstić information content (AvgIpc) is 1.56. The summed E-state index contributed by atoms with van der Waals surface area (Å²) in [5.74, 6) is 0.569. The Balaban J connectivity index is 0.000000181. The van der Waals surface area contributed by atoms with Gasteiger partial charge in [-0.05, 0) is 289 Å². The van der Waals surface area contributed by atoms with Crippen LogP contribution in [0.3, 0.4) is 0 Å². The van der Waals surface area contributed by atoms with E-state index in [4.69, 9.17) is 71.4 Å². The molecular formula is C96H133N5O28. The van der Waals surface area contributed by atoms with Gasteiger partial charge in [-0.3, -0.25) is 29.1 Å². The molecule has 11 heterocycles. The number of hydrogen-bond acceptors (Lipinski definition) is 31. The van der Waals surface area contributed by atoms with Crippen LogP contribution in [-0.2, 0) is 89.5 Å². The standard InChI is InChI=1S/C33H42N2O9.C29H39NO9.C28H37NO9.C5H7NO.CH4.2H2/c1-31(2,38)9-5-11-33(39,18-27(36)34-19-22-7-4-14-41-22)30(37)44-29-26(40-3)17-32-10-6-12-35(32)13-8-21-15-24-25(43-20-42-24)16-23(21)28(29)32;1-27(2,34)7-4-9-29(35,14-19(32)16-31)26(33)39-25-23(36-3)15-28-8-5-10-30(28)11-6-18-12-21-22(38-17-37-21)13-20(18)24(25)28;1-26(2,33)7-4-9-28(34,15-22(30)31)25(32)38-24-21(35-3)14-27-8-5-10-29(27)11-6-17-12-19-20(37-16-36-19)13-18(17)23(24)27;6-4-5-2-1-3-7-5;;;/h4,7,14-17,28-29,38-39H,5-6,8-13,18-20H2,1-3H3,(H,34,36);12-13,15,24-25,31,34-35H,4-11,14,16-17H2,1-3H3;12-14,23-24,33-34H,4-11,15-16H2,1-3H3,(H,30,31);1-3H,4,6H2;1H4;2*1H/t28-,29-,32+,33-;24-,25-,28+,29-;23-,24-,27+,28-;;;;/m111..../s1/i;;;;;1+2;. The fraction of sp³-hybridized carbons (Fsp3) is 0.604. The summed E-state index contributed by atoms with van der Waals surface area (Å²) >= 11 is 0. The molecule has 2 aromatic heterocycles. The molecule has 17 rings (SSSR count). The number of Topliss-reactive ketones (excluding diaryl/α,β-unsaturated/α-hetero) is 1. The van der Waals surface area contributed by atoms with Gasteiger partial charge < -0.3 is 118 Å². The number of benzene rings is 3. The minimum Gasteiger partial charge on any atom is -0.497 e. The zero-order valence-electron chi connectivity index (χ0n) is 74.6. The third kappa shape index (κ3) is 20.8. The number of carboxylic acids is 1. The highest BCUT2D eigenvalue weighted by Crippen LogP contribution is 2.60. The van der Waals surface area contributed by atoms with E-state index in [-0.39, 0.29) is 93.5 Å². The lowest BCUT2D eigenvalue weighted by Gasteiger charge is -2.39. The number of amides is 1. The maximum Gasteiger partial charge on any atom is 0.339 e. The Kier molecular flexibility index (Phi) is 29.5. The first-order valence-corrected chi connectivity index (χ1v) is 44.6. The first-order chi connectivity index (χ1) is 60.9. The van der Waals surface area contributed by atoms with Crippen LogP contribution in [0, 0.1) is 0 Å². The van der Waals surface area contributed by atoms with E-state index >= 15 is 0 Å². The Bertz CT molecular complexity index is 4950. The highest BCUT2D eigenvalue weighted by molar-refractivity contribution is 5.90. The number of nitrogens with zero attached hydrogens (tertiary/aromatic N) is 3. The minimum absolute atomic E-state index is 0. The number of aliphatic hydroxyl groups excluding tert-OH is 1. The number of nitrogens with two attached hydrogens (primary N) is 1. The number of hydrogen-bond donors (Lipinski definition) is 10. The number of ketones is 1. The largest absolute Gasteiger partial charge is 0.497 e. The molecule has 11 N–H and O–H groups in total. The average molecular weight is 1810 g/mol. The number of esters is 3. The fourth-order valence-electron chi connectivity index (χ4n) is 21.2. The van der Waals surface area contributed by atoms with Gasteiger partial charge in [-0.25, -0.2) is 14.4 Å². The molecule has 3 fully saturated rings. The molecule has 0 saturated carbocycles. The van der Waals surface area contributed by atoms with Gasteiger partial charge in [0.2, 0.25) is 26.3 Å². The summed E-state index contributed by atoms with van der Waals surface area (Å²) in [6.07, 6.45) is 14.2.